The molecule has 0 aromatic heterocycles. The Morgan fingerprint density at radius 2 is 2.08 bits per heavy atom. The van der Waals surface area contributed by atoms with Crippen molar-refractivity contribution in [2.24, 2.45) is 5.41 Å². The van der Waals surface area contributed by atoms with Gasteiger partial charge in [0.1, 0.15) is 0 Å². The molecular formula is C20H30ClNO4. The standard InChI is InChI=1S/C20H30ClNO4/c1-26-13-3-11-20(15-23)14-22(12-10-18(20)24)19(25)5-2-4-16-6-8-17(21)9-7-16/h6-9,18,23-24H,2-5,10-15H2,1H3/t18-,20+/m1/s1. The SMILES string of the molecule is COCCC[C@@]1(CO)CN(C(=O)CCCc2ccc(Cl)cc2)CC[C@H]1O. The predicted molar refractivity (Wildman–Crippen MR) is 102 cm³/mol. The molecule has 6 heteroatoms. The van der Waals surface area contributed by atoms with Gasteiger partial charge in [-0.05, 0) is 49.8 Å². The Morgan fingerprint density at radius 3 is 2.73 bits per heavy atom. The van der Waals surface area contributed by atoms with Crippen molar-refractivity contribution in [3.8, 4) is 0 Å². The minimum absolute atomic E-state index is 0.0930. The maximum absolute atomic E-state index is 12.6. The molecule has 0 radical (unpaired) electrons. The van der Waals surface area contributed by atoms with E-state index in [0.717, 1.165) is 19.3 Å². The number of hydrogen-bond acceptors (Lipinski definition) is 4. The second kappa shape index (κ2) is 10.3. The molecule has 2 atom stereocenters. The fourth-order valence-electron chi connectivity index (χ4n) is 3.66. The minimum atomic E-state index is -0.636. The van der Waals surface area contributed by atoms with Crippen molar-refractivity contribution >= 4 is 17.5 Å². The fourth-order valence-corrected chi connectivity index (χ4v) is 3.79. The van der Waals surface area contributed by atoms with E-state index in [1.54, 1.807) is 12.0 Å². The van der Waals surface area contributed by atoms with E-state index in [1.165, 1.54) is 5.56 Å². The molecule has 1 fully saturated rings. The molecule has 1 aromatic carbocycles. The number of nitrogens with zero attached hydrogens (tertiary/aromatic N) is 1. The summed E-state index contributed by atoms with van der Waals surface area (Å²) in [4.78, 5) is 14.4. The van der Waals surface area contributed by atoms with Crippen molar-refractivity contribution in [1.82, 2.24) is 4.90 Å². The molecule has 0 spiro atoms. The zero-order valence-electron chi connectivity index (χ0n) is 15.5. The number of piperidine rings is 1. The smallest absolute Gasteiger partial charge is 0.222 e. The number of amides is 1. The summed E-state index contributed by atoms with van der Waals surface area (Å²) in [6.07, 6.45) is 3.41. The van der Waals surface area contributed by atoms with E-state index >= 15 is 0 Å². The largest absolute Gasteiger partial charge is 0.396 e. The van der Waals surface area contributed by atoms with Crippen LogP contribution in [0.2, 0.25) is 5.02 Å². The minimum Gasteiger partial charge on any atom is -0.396 e. The number of benzene rings is 1. The highest BCUT2D eigenvalue weighted by Gasteiger charge is 2.43. The third-order valence-electron chi connectivity index (χ3n) is 5.35. The summed E-state index contributed by atoms with van der Waals surface area (Å²) < 4.78 is 5.08. The first-order valence-corrected chi connectivity index (χ1v) is 9.68. The van der Waals surface area contributed by atoms with Crippen LogP contribution in [0.5, 0.6) is 0 Å². The van der Waals surface area contributed by atoms with E-state index in [0.29, 0.717) is 44.0 Å². The second-order valence-corrected chi connectivity index (χ2v) is 7.65. The number of aryl methyl sites for hydroxylation is 1. The van der Waals surface area contributed by atoms with Gasteiger partial charge in [-0.2, -0.15) is 0 Å². The first-order chi connectivity index (χ1) is 12.5. The lowest BCUT2D eigenvalue weighted by Gasteiger charge is -2.45. The number of methoxy groups -OCH3 is 1. The average Bonchev–Trinajstić information content (AvgIpc) is 2.65. The molecule has 0 bridgehead atoms. The number of rotatable bonds is 9. The molecule has 5 nitrogen and oxygen atoms in total. The van der Waals surface area contributed by atoms with E-state index in [-0.39, 0.29) is 12.5 Å². The summed E-state index contributed by atoms with van der Waals surface area (Å²) in [5.74, 6) is 0.0930. The highest BCUT2D eigenvalue weighted by Crippen LogP contribution is 2.35. The third-order valence-corrected chi connectivity index (χ3v) is 5.60. The Hall–Kier alpha value is -1.14. The Labute approximate surface area is 160 Å². The van der Waals surface area contributed by atoms with E-state index in [2.05, 4.69) is 0 Å². The Bertz CT molecular complexity index is 565. The van der Waals surface area contributed by atoms with Crippen LogP contribution in [-0.4, -0.2) is 60.5 Å². The first-order valence-electron chi connectivity index (χ1n) is 9.31. The van der Waals surface area contributed by atoms with Gasteiger partial charge in [0.25, 0.3) is 0 Å². The molecule has 2 N–H and O–H groups in total. The topological polar surface area (TPSA) is 70.0 Å². The van der Waals surface area contributed by atoms with Crippen molar-refractivity contribution in [1.29, 1.82) is 0 Å². The van der Waals surface area contributed by atoms with Crippen LogP contribution in [0, 0.1) is 5.41 Å². The van der Waals surface area contributed by atoms with Crippen molar-refractivity contribution in [3.63, 3.8) is 0 Å². The van der Waals surface area contributed by atoms with Gasteiger partial charge in [0.05, 0.1) is 12.7 Å². The molecule has 1 saturated heterocycles. The molecule has 146 valence electrons. The molecular weight excluding hydrogens is 354 g/mol. The van der Waals surface area contributed by atoms with E-state index in [4.69, 9.17) is 16.3 Å². The van der Waals surface area contributed by atoms with Crippen molar-refractivity contribution in [2.45, 2.75) is 44.6 Å². The van der Waals surface area contributed by atoms with Gasteiger partial charge in [0.2, 0.25) is 5.91 Å². The number of carbonyl (C=O) groups excluding carboxylic acids is 1. The highest BCUT2D eigenvalue weighted by atomic mass is 35.5. The van der Waals surface area contributed by atoms with Crippen LogP contribution < -0.4 is 0 Å². The van der Waals surface area contributed by atoms with Gasteiger partial charge in [0, 0.05) is 43.7 Å². The van der Waals surface area contributed by atoms with Gasteiger partial charge in [-0.15, -0.1) is 0 Å². The number of hydrogen-bond donors (Lipinski definition) is 2. The second-order valence-electron chi connectivity index (χ2n) is 7.22. The van der Waals surface area contributed by atoms with Crippen LogP contribution in [0.3, 0.4) is 0 Å². The summed E-state index contributed by atoms with van der Waals surface area (Å²) in [5, 5.41) is 21.0. The summed E-state index contributed by atoms with van der Waals surface area (Å²) in [7, 11) is 1.64. The number of likely N-dealkylation sites (tertiary alicyclic amines) is 1. The van der Waals surface area contributed by atoms with Crippen LogP contribution in [0.4, 0.5) is 0 Å². The Morgan fingerprint density at radius 1 is 1.35 bits per heavy atom. The van der Waals surface area contributed by atoms with Crippen molar-refractivity contribution in [2.75, 3.05) is 33.4 Å². The molecule has 2 rings (SSSR count). The van der Waals surface area contributed by atoms with Gasteiger partial charge in [-0.1, -0.05) is 23.7 Å². The number of ether oxygens (including phenoxy) is 1. The molecule has 1 aromatic rings. The summed E-state index contributed by atoms with van der Waals surface area (Å²) >= 11 is 5.89. The average molecular weight is 384 g/mol. The lowest BCUT2D eigenvalue weighted by molar-refractivity contribution is -0.142. The number of aliphatic hydroxyl groups excluding tert-OH is 2. The van der Waals surface area contributed by atoms with E-state index in [1.807, 2.05) is 24.3 Å². The molecule has 0 aliphatic carbocycles. The zero-order chi connectivity index (χ0) is 19.0. The normalized spacial score (nSPS) is 23.2. The number of carbonyl (C=O) groups is 1. The molecule has 26 heavy (non-hydrogen) atoms. The molecule has 1 amide bonds. The fraction of sp³-hybridized carbons (Fsp3) is 0.650. The van der Waals surface area contributed by atoms with Crippen LogP contribution in [0.1, 0.15) is 37.7 Å². The predicted octanol–water partition coefficient (Wildman–Crippen LogP) is 2.66. The highest BCUT2D eigenvalue weighted by molar-refractivity contribution is 6.30. The van der Waals surface area contributed by atoms with Crippen LogP contribution in [0.25, 0.3) is 0 Å². The number of aliphatic hydroxyl groups is 2. The lowest BCUT2D eigenvalue weighted by Crippen LogP contribution is -2.55. The summed E-state index contributed by atoms with van der Waals surface area (Å²) in [5.41, 5.74) is 0.531. The van der Waals surface area contributed by atoms with E-state index < -0.39 is 11.5 Å². The van der Waals surface area contributed by atoms with Gasteiger partial charge in [-0.25, -0.2) is 0 Å². The molecule has 0 unspecified atom stereocenters. The van der Waals surface area contributed by atoms with Crippen LogP contribution >= 0.6 is 11.6 Å². The van der Waals surface area contributed by atoms with Gasteiger partial charge >= 0.3 is 0 Å². The molecule has 1 aliphatic heterocycles. The van der Waals surface area contributed by atoms with Crippen LogP contribution in [-0.2, 0) is 16.0 Å². The quantitative estimate of drug-likeness (QED) is 0.643. The molecule has 1 aliphatic rings. The lowest BCUT2D eigenvalue weighted by atomic mass is 9.74. The summed E-state index contributed by atoms with van der Waals surface area (Å²) in [6.45, 7) is 1.43. The first kappa shape index (κ1) is 21.2. The molecule has 1 heterocycles. The molecule has 0 saturated carbocycles. The van der Waals surface area contributed by atoms with E-state index in [9.17, 15) is 15.0 Å². The maximum Gasteiger partial charge on any atom is 0.222 e. The summed E-state index contributed by atoms with van der Waals surface area (Å²) in [6, 6.07) is 7.69. The Balaban J connectivity index is 1.86. The van der Waals surface area contributed by atoms with Gasteiger partial charge in [-0.3, -0.25) is 4.79 Å². The monoisotopic (exact) mass is 383 g/mol. The van der Waals surface area contributed by atoms with Crippen molar-refractivity contribution in [3.05, 3.63) is 34.9 Å². The van der Waals surface area contributed by atoms with Crippen molar-refractivity contribution < 1.29 is 19.7 Å². The van der Waals surface area contributed by atoms with Crippen LogP contribution in [0.15, 0.2) is 24.3 Å². The van der Waals surface area contributed by atoms with Gasteiger partial charge in [0.15, 0.2) is 0 Å². The zero-order valence-corrected chi connectivity index (χ0v) is 16.2. The maximum atomic E-state index is 12.6. The Kier molecular flexibility index (Phi) is 8.35. The third kappa shape index (κ3) is 5.68. The van der Waals surface area contributed by atoms with Gasteiger partial charge < -0.3 is 19.8 Å². The number of halogens is 1.